The molecule has 1 aliphatic heterocycles. The fraction of sp³-hybridized carbons (Fsp3) is 0.458. The summed E-state index contributed by atoms with van der Waals surface area (Å²) in [7, 11) is 0. The van der Waals surface area contributed by atoms with Gasteiger partial charge in [0.15, 0.2) is 5.78 Å². The Morgan fingerprint density at radius 1 is 0.964 bits per heavy atom. The monoisotopic (exact) mass is 379 g/mol. The number of hydrogen-bond acceptors (Lipinski definition) is 4. The number of unbranched alkanes of at least 4 members (excludes halogenated alkanes) is 1. The van der Waals surface area contributed by atoms with Crippen molar-refractivity contribution in [3.8, 4) is 22.6 Å². The van der Waals surface area contributed by atoms with E-state index in [0.717, 1.165) is 54.0 Å². The van der Waals surface area contributed by atoms with Crippen LogP contribution in [0.5, 0.6) is 11.5 Å². The number of ketones is 1. The highest BCUT2D eigenvalue weighted by Crippen LogP contribution is 2.47. The van der Waals surface area contributed by atoms with Crippen molar-refractivity contribution in [1.29, 1.82) is 0 Å². The topological polar surface area (TPSA) is 47.6 Å². The smallest absolute Gasteiger partial charge is 0.194 e. The molecule has 4 rings (SSSR count). The predicted molar refractivity (Wildman–Crippen MR) is 111 cm³/mol. The first-order valence-corrected chi connectivity index (χ1v) is 10.6. The lowest BCUT2D eigenvalue weighted by Crippen LogP contribution is -2.35. The van der Waals surface area contributed by atoms with Crippen LogP contribution in [-0.2, 0) is 0 Å². The maximum Gasteiger partial charge on any atom is 0.194 e. The van der Waals surface area contributed by atoms with Gasteiger partial charge in [-0.15, -0.1) is 0 Å². The summed E-state index contributed by atoms with van der Waals surface area (Å²) in [5, 5.41) is 3.56. The summed E-state index contributed by atoms with van der Waals surface area (Å²) in [6.45, 7) is 4.56. The number of fused-ring (bicyclic) bond motifs is 3. The van der Waals surface area contributed by atoms with Crippen LogP contribution in [0.15, 0.2) is 36.4 Å². The summed E-state index contributed by atoms with van der Waals surface area (Å²) in [4.78, 5) is 12.9. The first kappa shape index (κ1) is 19.0. The minimum absolute atomic E-state index is 0.0605. The highest BCUT2D eigenvalue weighted by atomic mass is 16.5. The van der Waals surface area contributed by atoms with Crippen molar-refractivity contribution in [2.24, 2.45) is 0 Å². The second-order valence-corrected chi connectivity index (χ2v) is 7.67. The lowest BCUT2D eigenvalue weighted by atomic mass is 10.0. The molecule has 2 aliphatic rings. The van der Waals surface area contributed by atoms with Crippen LogP contribution in [0.1, 0.15) is 61.4 Å². The molecule has 0 spiro atoms. The molecule has 0 radical (unpaired) electrons. The van der Waals surface area contributed by atoms with Crippen molar-refractivity contribution in [3.05, 3.63) is 47.5 Å². The quantitative estimate of drug-likeness (QED) is 0.560. The van der Waals surface area contributed by atoms with Gasteiger partial charge in [0.1, 0.15) is 11.5 Å². The van der Waals surface area contributed by atoms with Crippen molar-refractivity contribution < 1.29 is 14.3 Å². The molecular weight excluding hydrogens is 350 g/mol. The number of carbonyl (C=O) groups excluding carboxylic acids is 1. The zero-order valence-corrected chi connectivity index (χ0v) is 16.6. The standard InChI is InChI=1S/C24H29NO3/c1-2-3-15-27-20-11-6-9-18-22(20)23-19(24(18)26)10-7-12-21(23)28-16-13-17-8-4-5-14-25-17/h6-7,9-12,17,25H,2-5,8,13-16H2,1H3. The van der Waals surface area contributed by atoms with E-state index in [1.165, 1.54) is 19.3 Å². The molecule has 0 saturated carbocycles. The van der Waals surface area contributed by atoms with Crippen LogP contribution in [0.2, 0.25) is 0 Å². The molecule has 4 nitrogen and oxygen atoms in total. The molecule has 0 bridgehead atoms. The molecule has 1 fully saturated rings. The number of hydrogen-bond donors (Lipinski definition) is 1. The zero-order valence-electron chi connectivity index (χ0n) is 16.6. The fourth-order valence-electron chi connectivity index (χ4n) is 4.15. The molecule has 1 unspecified atom stereocenters. The van der Waals surface area contributed by atoms with Gasteiger partial charge in [0.25, 0.3) is 0 Å². The molecule has 1 heterocycles. The molecule has 1 atom stereocenters. The van der Waals surface area contributed by atoms with E-state index in [0.29, 0.717) is 24.8 Å². The summed E-state index contributed by atoms with van der Waals surface area (Å²) in [6, 6.07) is 12.1. The van der Waals surface area contributed by atoms with E-state index in [1.54, 1.807) is 0 Å². The molecule has 4 heteroatoms. The summed E-state index contributed by atoms with van der Waals surface area (Å²) in [5.74, 6) is 1.63. The molecule has 2 aromatic rings. The van der Waals surface area contributed by atoms with Gasteiger partial charge in [-0.25, -0.2) is 0 Å². The summed E-state index contributed by atoms with van der Waals surface area (Å²) < 4.78 is 12.2. The van der Waals surface area contributed by atoms with Gasteiger partial charge < -0.3 is 14.8 Å². The minimum atomic E-state index is 0.0605. The Bertz CT molecular complexity index is 840. The Morgan fingerprint density at radius 3 is 2.25 bits per heavy atom. The number of carbonyl (C=O) groups is 1. The summed E-state index contributed by atoms with van der Waals surface area (Å²) in [5.41, 5.74) is 3.22. The Balaban J connectivity index is 1.57. The van der Waals surface area contributed by atoms with Crippen LogP contribution in [0.4, 0.5) is 0 Å². The van der Waals surface area contributed by atoms with E-state index >= 15 is 0 Å². The molecule has 1 saturated heterocycles. The predicted octanol–water partition coefficient (Wildman–Crippen LogP) is 4.99. The Labute approximate surface area is 167 Å². The van der Waals surface area contributed by atoms with Gasteiger partial charge in [-0.3, -0.25) is 4.79 Å². The van der Waals surface area contributed by atoms with E-state index in [1.807, 2.05) is 36.4 Å². The zero-order chi connectivity index (χ0) is 19.3. The van der Waals surface area contributed by atoms with Gasteiger partial charge in [0.2, 0.25) is 0 Å². The lowest BCUT2D eigenvalue weighted by Gasteiger charge is -2.23. The van der Waals surface area contributed by atoms with Crippen LogP contribution in [0, 0.1) is 0 Å². The highest BCUT2D eigenvalue weighted by Gasteiger charge is 2.32. The average Bonchev–Trinajstić information content (AvgIpc) is 3.03. The summed E-state index contributed by atoms with van der Waals surface area (Å²) in [6.07, 6.45) is 6.83. The molecule has 148 valence electrons. The maximum absolute atomic E-state index is 12.9. The SMILES string of the molecule is CCCCOc1cccc2c1-c1c(OCCC3CCCCN3)cccc1C2=O. The van der Waals surface area contributed by atoms with Gasteiger partial charge in [-0.05, 0) is 44.4 Å². The third-order valence-corrected chi connectivity index (χ3v) is 5.68. The van der Waals surface area contributed by atoms with Crippen molar-refractivity contribution in [3.63, 3.8) is 0 Å². The van der Waals surface area contributed by atoms with Gasteiger partial charge in [-0.1, -0.05) is 44.0 Å². The summed E-state index contributed by atoms with van der Waals surface area (Å²) >= 11 is 0. The van der Waals surface area contributed by atoms with Crippen molar-refractivity contribution in [2.75, 3.05) is 19.8 Å². The molecule has 0 amide bonds. The first-order valence-electron chi connectivity index (χ1n) is 10.6. The second-order valence-electron chi connectivity index (χ2n) is 7.67. The molecule has 0 aromatic heterocycles. The molecule has 28 heavy (non-hydrogen) atoms. The highest BCUT2D eigenvalue weighted by molar-refractivity contribution is 6.23. The average molecular weight is 380 g/mol. The van der Waals surface area contributed by atoms with Gasteiger partial charge in [0.05, 0.1) is 13.2 Å². The third kappa shape index (κ3) is 3.79. The number of ether oxygens (including phenoxy) is 2. The van der Waals surface area contributed by atoms with Crippen LogP contribution >= 0.6 is 0 Å². The van der Waals surface area contributed by atoms with Crippen molar-refractivity contribution >= 4 is 5.78 Å². The van der Waals surface area contributed by atoms with Crippen molar-refractivity contribution in [1.82, 2.24) is 5.32 Å². The maximum atomic E-state index is 12.9. The van der Waals surface area contributed by atoms with Crippen LogP contribution in [-0.4, -0.2) is 31.6 Å². The van der Waals surface area contributed by atoms with Gasteiger partial charge in [-0.2, -0.15) is 0 Å². The Morgan fingerprint density at radius 2 is 1.64 bits per heavy atom. The normalized spacial score (nSPS) is 17.9. The number of nitrogens with one attached hydrogen (secondary N) is 1. The lowest BCUT2D eigenvalue weighted by molar-refractivity contribution is 0.104. The van der Waals surface area contributed by atoms with E-state index < -0.39 is 0 Å². The van der Waals surface area contributed by atoms with Crippen LogP contribution in [0.25, 0.3) is 11.1 Å². The second kappa shape index (κ2) is 8.78. The van der Waals surface area contributed by atoms with Gasteiger partial charge in [0, 0.05) is 28.3 Å². The van der Waals surface area contributed by atoms with E-state index in [9.17, 15) is 4.79 Å². The van der Waals surface area contributed by atoms with Gasteiger partial charge >= 0.3 is 0 Å². The Kier molecular flexibility index (Phi) is 5.96. The molecule has 1 aliphatic carbocycles. The fourth-order valence-corrected chi connectivity index (χ4v) is 4.15. The van der Waals surface area contributed by atoms with E-state index in [-0.39, 0.29) is 5.78 Å². The van der Waals surface area contributed by atoms with Crippen LogP contribution in [0.3, 0.4) is 0 Å². The molecule has 1 N–H and O–H groups in total. The van der Waals surface area contributed by atoms with E-state index in [4.69, 9.17) is 9.47 Å². The Hall–Kier alpha value is -2.33. The largest absolute Gasteiger partial charge is 0.493 e. The number of piperidine rings is 1. The number of benzene rings is 2. The number of rotatable bonds is 8. The third-order valence-electron chi connectivity index (χ3n) is 5.68. The van der Waals surface area contributed by atoms with Crippen LogP contribution < -0.4 is 14.8 Å². The van der Waals surface area contributed by atoms with Crippen molar-refractivity contribution in [2.45, 2.75) is 51.5 Å². The van der Waals surface area contributed by atoms with E-state index in [2.05, 4.69) is 12.2 Å². The molecular formula is C24H29NO3. The molecule has 2 aromatic carbocycles. The minimum Gasteiger partial charge on any atom is -0.493 e. The first-order chi connectivity index (χ1) is 13.8.